The lowest BCUT2D eigenvalue weighted by molar-refractivity contribution is 0.201. The van der Waals surface area contributed by atoms with Crippen LogP contribution in [0.1, 0.15) is 32.3 Å². The minimum Gasteiger partial charge on any atom is -0.508 e. The molecular weight excluding hydrogens is 384 g/mol. The van der Waals surface area contributed by atoms with Gasteiger partial charge in [-0.25, -0.2) is 0 Å². The molecule has 0 aromatic heterocycles. The Morgan fingerprint density at radius 3 is 2.60 bits per heavy atom. The molecule has 1 aliphatic carbocycles. The first-order valence-electron chi connectivity index (χ1n) is 6.75. The molecule has 0 radical (unpaired) electrons. The van der Waals surface area contributed by atoms with E-state index >= 15 is 0 Å². The Morgan fingerprint density at radius 2 is 1.95 bits per heavy atom. The zero-order chi connectivity index (χ0) is 15.1. The molecule has 2 nitrogen and oxygen atoms in total. The molecule has 2 atom stereocenters. The molecule has 2 N–H and O–H groups in total. The molecule has 2 rings (SSSR count). The van der Waals surface area contributed by atoms with Crippen LogP contribution in [0.15, 0.2) is 28.8 Å². The fourth-order valence-electron chi connectivity index (χ4n) is 2.99. The maximum Gasteiger partial charge on any atom is 0.130 e. The first-order valence-corrected chi connectivity index (χ1v) is 8.46. The van der Waals surface area contributed by atoms with Crippen LogP contribution in [-0.4, -0.2) is 15.0 Å². The van der Waals surface area contributed by atoms with Crippen molar-refractivity contribution in [3.05, 3.63) is 34.3 Å². The van der Waals surface area contributed by atoms with Crippen LogP contribution in [-0.2, 0) is 6.42 Å². The van der Waals surface area contributed by atoms with Crippen molar-refractivity contribution in [3.8, 4) is 11.5 Å². The van der Waals surface area contributed by atoms with Gasteiger partial charge in [-0.05, 0) is 64.2 Å². The predicted octanol–water partition coefficient (Wildman–Crippen LogP) is 5.16. The fraction of sp³-hybridized carbons (Fsp3) is 0.500. The van der Waals surface area contributed by atoms with Crippen molar-refractivity contribution in [3.63, 3.8) is 0 Å². The maximum absolute atomic E-state index is 10.1. The lowest BCUT2D eigenvalue weighted by Gasteiger charge is -2.44. The van der Waals surface area contributed by atoms with Crippen molar-refractivity contribution in [2.45, 2.75) is 37.9 Å². The third kappa shape index (κ3) is 2.91. The average molecular weight is 404 g/mol. The zero-order valence-corrected chi connectivity index (χ0v) is 15.0. The van der Waals surface area contributed by atoms with E-state index in [-0.39, 0.29) is 22.8 Å². The highest BCUT2D eigenvalue weighted by molar-refractivity contribution is 9.10. The van der Waals surface area contributed by atoms with Crippen LogP contribution in [0.5, 0.6) is 11.5 Å². The van der Waals surface area contributed by atoms with Gasteiger partial charge >= 0.3 is 0 Å². The van der Waals surface area contributed by atoms with Crippen LogP contribution in [0.4, 0.5) is 0 Å². The number of rotatable bonds is 2. The first kappa shape index (κ1) is 15.9. The summed E-state index contributed by atoms with van der Waals surface area (Å²) in [5.74, 6) is 0.662. The summed E-state index contributed by atoms with van der Waals surface area (Å²) < 4.78 is 0.513. The minimum absolute atomic E-state index is 0.0739. The van der Waals surface area contributed by atoms with E-state index in [1.807, 2.05) is 0 Å². The van der Waals surface area contributed by atoms with Crippen LogP contribution >= 0.6 is 31.9 Å². The van der Waals surface area contributed by atoms with Crippen LogP contribution in [0.2, 0.25) is 0 Å². The highest BCUT2D eigenvalue weighted by Crippen LogP contribution is 2.49. The lowest BCUT2D eigenvalue weighted by Crippen LogP contribution is -2.39. The van der Waals surface area contributed by atoms with Crippen LogP contribution in [0.3, 0.4) is 0 Å². The number of phenolic OH excluding ortho intramolecular Hbond substituents is 2. The third-order valence-corrected chi connectivity index (χ3v) is 6.76. The van der Waals surface area contributed by atoms with Crippen LogP contribution < -0.4 is 0 Å². The summed E-state index contributed by atoms with van der Waals surface area (Å²) >= 11 is 6.99. The van der Waals surface area contributed by atoms with Gasteiger partial charge in [0.15, 0.2) is 0 Å². The van der Waals surface area contributed by atoms with Crippen molar-refractivity contribution in [1.82, 2.24) is 0 Å². The number of halogens is 2. The van der Waals surface area contributed by atoms with Crippen LogP contribution in [0, 0.1) is 11.3 Å². The molecule has 1 aromatic rings. The van der Waals surface area contributed by atoms with Gasteiger partial charge in [0.2, 0.25) is 0 Å². The van der Waals surface area contributed by atoms with Crippen LogP contribution in [0.25, 0.3) is 0 Å². The van der Waals surface area contributed by atoms with E-state index in [1.54, 1.807) is 12.1 Å². The zero-order valence-electron chi connectivity index (χ0n) is 11.8. The summed E-state index contributed by atoms with van der Waals surface area (Å²) in [5.41, 5.74) is 2.07. The van der Waals surface area contributed by atoms with Crippen molar-refractivity contribution >= 4 is 31.9 Å². The number of phenols is 2. The monoisotopic (exact) mass is 402 g/mol. The van der Waals surface area contributed by atoms with Crippen molar-refractivity contribution in [2.75, 3.05) is 0 Å². The SMILES string of the molecule is C=C1CC[C@@H](Br)C(C)(C)[C@@H]1Cc1cc(O)c(Br)cc1O. The third-order valence-electron chi connectivity index (χ3n) is 4.49. The summed E-state index contributed by atoms with van der Waals surface area (Å²) in [4.78, 5) is 0.441. The average Bonchev–Trinajstić information content (AvgIpc) is 2.36. The predicted molar refractivity (Wildman–Crippen MR) is 89.5 cm³/mol. The molecule has 110 valence electrons. The van der Waals surface area contributed by atoms with E-state index in [0.717, 1.165) is 18.4 Å². The van der Waals surface area contributed by atoms with Gasteiger partial charge < -0.3 is 10.2 Å². The van der Waals surface area contributed by atoms with Gasteiger partial charge in [0, 0.05) is 4.83 Å². The molecule has 4 heteroatoms. The Kier molecular flexibility index (Phi) is 4.55. The molecule has 1 aliphatic rings. The molecule has 0 aliphatic heterocycles. The number of alkyl halides is 1. The normalized spacial score (nSPS) is 25.7. The molecule has 0 heterocycles. The fourth-order valence-corrected chi connectivity index (χ4v) is 3.87. The highest BCUT2D eigenvalue weighted by atomic mass is 79.9. The molecule has 1 aromatic carbocycles. The second kappa shape index (κ2) is 5.72. The molecule has 0 unspecified atom stereocenters. The second-order valence-corrected chi connectivity index (χ2v) is 8.13. The summed E-state index contributed by atoms with van der Waals surface area (Å²) in [6, 6.07) is 3.19. The molecular formula is C16H20Br2O2. The minimum atomic E-state index is 0.0739. The topological polar surface area (TPSA) is 40.5 Å². The van der Waals surface area contributed by atoms with E-state index < -0.39 is 0 Å². The van der Waals surface area contributed by atoms with Gasteiger partial charge in [0.1, 0.15) is 11.5 Å². The second-order valence-electron chi connectivity index (χ2n) is 6.17. The van der Waals surface area contributed by atoms with Gasteiger partial charge in [0.25, 0.3) is 0 Å². The summed E-state index contributed by atoms with van der Waals surface area (Å²) in [5, 5.41) is 19.9. The van der Waals surface area contributed by atoms with Gasteiger partial charge in [0.05, 0.1) is 4.47 Å². The quantitative estimate of drug-likeness (QED) is 0.406. The van der Waals surface area contributed by atoms with Gasteiger partial charge in [-0.1, -0.05) is 41.9 Å². The Labute approximate surface area is 137 Å². The van der Waals surface area contributed by atoms with Crippen molar-refractivity contribution in [2.24, 2.45) is 11.3 Å². The van der Waals surface area contributed by atoms with E-state index in [2.05, 4.69) is 52.3 Å². The number of hydrogen-bond donors (Lipinski definition) is 2. The molecule has 0 bridgehead atoms. The summed E-state index contributed by atoms with van der Waals surface area (Å²) in [7, 11) is 0. The van der Waals surface area contributed by atoms with Gasteiger partial charge in [-0.2, -0.15) is 0 Å². The van der Waals surface area contributed by atoms with E-state index in [0.29, 0.717) is 15.7 Å². The van der Waals surface area contributed by atoms with Crippen molar-refractivity contribution in [1.29, 1.82) is 0 Å². The Balaban J connectivity index is 2.32. The molecule has 1 saturated carbocycles. The maximum atomic E-state index is 10.1. The van der Waals surface area contributed by atoms with E-state index in [9.17, 15) is 10.2 Å². The molecule has 0 saturated heterocycles. The van der Waals surface area contributed by atoms with Crippen molar-refractivity contribution < 1.29 is 10.2 Å². The Hall–Kier alpha value is -0.480. The summed E-state index contributed by atoms with van der Waals surface area (Å²) in [6.07, 6.45) is 2.80. The number of hydrogen-bond acceptors (Lipinski definition) is 2. The van der Waals surface area contributed by atoms with Gasteiger partial charge in [-0.15, -0.1) is 0 Å². The number of aromatic hydroxyl groups is 2. The standard InChI is InChI=1S/C16H20Br2O2/c1-9-4-5-15(18)16(2,3)11(9)6-10-7-14(20)12(17)8-13(10)19/h7-8,11,15,19-20H,1,4-6H2,2-3H3/t11-,15-/m1/s1. The molecule has 0 spiro atoms. The summed E-state index contributed by atoms with van der Waals surface area (Å²) in [6.45, 7) is 8.68. The molecule has 20 heavy (non-hydrogen) atoms. The largest absolute Gasteiger partial charge is 0.508 e. The smallest absolute Gasteiger partial charge is 0.130 e. The van der Waals surface area contributed by atoms with E-state index in [1.165, 1.54) is 5.57 Å². The number of allylic oxidation sites excluding steroid dienone is 1. The van der Waals surface area contributed by atoms with E-state index in [4.69, 9.17) is 0 Å². The molecule has 1 fully saturated rings. The Morgan fingerprint density at radius 1 is 1.30 bits per heavy atom. The lowest BCUT2D eigenvalue weighted by atomic mass is 9.64. The molecule has 0 amide bonds. The van der Waals surface area contributed by atoms with Gasteiger partial charge in [-0.3, -0.25) is 0 Å². The Bertz CT molecular complexity index is 538. The first-order chi connectivity index (χ1) is 9.23. The number of benzene rings is 1. The highest BCUT2D eigenvalue weighted by Gasteiger charge is 2.41.